The molecule has 0 atom stereocenters. The average Bonchev–Trinajstić information content (AvgIpc) is 2.46. The Hall–Kier alpha value is -2.05. The molecule has 0 amide bonds. The minimum absolute atomic E-state index is 0.0817. The van der Waals surface area contributed by atoms with E-state index < -0.39 is 10.1 Å². The van der Waals surface area contributed by atoms with E-state index in [4.69, 9.17) is 9.47 Å². The maximum Gasteiger partial charge on any atom is 0.294 e. The zero-order chi connectivity index (χ0) is 16.2. The van der Waals surface area contributed by atoms with E-state index in [1.165, 1.54) is 6.07 Å². The molecule has 0 bridgehead atoms. The molecule has 22 heavy (non-hydrogen) atoms. The first-order valence-electron chi connectivity index (χ1n) is 6.74. The fourth-order valence-electron chi connectivity index (χ4n) is 2.16. The Morgan fingerprint density at radius 3 is 2.41 bits per heavy atom. The maximum absolute atomic E-state index is 11.4. The van der Waals surface area contributed by atoms with E-state index >= 15 is 0 Å². The van der Waals surface area contributed by atoms with Crippen molar-refractivity contribution < 1.29 is 22.4 Å². The molecule has 0 saturated carbocycles. The van der Waals surface area contributed by atoms with Crippen LogP contribution in [0.1, 0.15) is 11.1 Å². The zero-order valence-electron chi connectivity index (χ0n) is 12.4. The van der Waals surface area contributed by atoms with Crippen LogP contribution in [-0.2, 0) is 16.5 Å². The predicted octanol–water partition coefficient (Wildman–Crippen LogP) is 2.87. The highest BCUT2D eigenvalue weighted by Gasteiger charge is 2.15. The van der Waals surface area contributed by atoms with Gasteiger partial charge in [0.05, 0.1) is 18.6 Å². The Kier molecular flexibility index (Phi) is 5.05. The minimum atomic E-state index is -4.24. The van der Waals surface area contributed by atoms with Crippen LogP contribution in [0.25, 0.3) is 0 Å². The molecule has 0 radical (unpaired) electrons. The molecule has 0 aliphatic carbocycles. The van der Waals surface area contributed by atoms with Gasteiger partial charge in [0, 0.05) is 6.42 Å². The summed E-state index contributed by atoms with van der Waals surface area (Å²) in [4.78, 5) is -0.0817. The predicted molar refractivity (Wildman–Crippen MR) is 83.2 cm³/mol. The number of aryl methyl sites for hydroxylation is 1. The van der Waals surface area contributed by atoms with Gasteiger partial charge in [-0.05, 0) is 30.7 Å². The second kappa shape index (κ2) is 6.81. The molecule has 2 aromatic rings. The molecule has 0 unspecified atom stereocenters. The van der Waals surface area contributed by atoms with Crippen LogP contribution in [0.2, 0.25) is 0 Å². The fourth-order valence-corrected chi connectivity index (χ4v) is 2.90. The molecule has 0 spiro atoms. The molecule has 118 valence electrons. The first-order valence-corrected chi connectivity index (χ1v) is 8.18. The zero-order valence-corrected chi connectivity index (χ0v) is 13.3. The largest absolute Gasteiger partial charge is 0.493 e. The number of benzene rings is 2. The second-order valence-corrected chi connectivity index (χ2v) is 6.23. The van der Waals surface area contributed by atoms with Gasteiger partial charge in [0.1, 0.15) is 0 Å². The first-order chi connectivity index (χ1) is 10.4. The summed E-state index contributed by atoms with van der Waals surface area (Å²) in [6, 6.07) is 12.0. The van der Waals surface area contributed by atoms with Gasteiger partial charge in [0.15, 0.2) is 11.5 Å². The monoisotopic (exact) mass is 322 g/mol. The summed E-state index contributed by atoms with van der Waals surface area (Å²) < 4.78 is 42.9. The third-order valence-electron chi connectivity index (χ3n) is 3.19. The molecule has 0 fully saturated rings. The standard InChI is InChI=1S/C16H18O5S/c1-12-7-8-16(22(17,18)19)13(11-12)9-10-21-15-6-4-3-5-14(15)20-2/h3-8,11H,9-10H2,1-2H3,(H,17,18,19). The molecule has 1 N–H and O–H groups in total. The quantitative estimate of drug-likeness (QED) is 0.828. The summed E-state index contributed by atoms with van der Waals surface area (Å²) in [6.07, 6.45) is 0.356. The van der Waals surface area contributed by atoms with Gasteiger partial charge in [0.2, 0.25) is 0 Å². The minimum Gasteiger partial charge on any atom is -0.493 e. The van der Waals surface area contributed by atoms with Crippen LogP contribution in [0, 0.1) is 6.92 Å². The van der Waals surface area contributed by atoms with Crippen molar-refractivity contribution in [2.45, 2.75) is 18.2 Å². The molecule has 2 aromatic carbocycles. The molecular weight excluding hydrogens is 304 g/mol. The number of ether oxygens (including phenoxy) is 2. The summed E-state index contributed by atoms with van der Waals surface area (Å²) in [7, 11) is -2.68. The van der Waals surface area contributed by atoms with E-state index in [1.54, 1.807) is 31.4 Å². The van der Waals surface area contributed by atoms with Gasteiger partial charge in [-0.1, -0.05) is 29.8 Å². The summed E-state index contributed by atoms with van der Waals surface area (Å²) in [5.74, 6) is 1.20. The SMILES string of the molecule is COc1ccccc1OCCc1cc(C)ccc1S(=O)(=O)O. The lowest BCUT2D eigenvalue weighted by atomic mass is 10.1. The lowest BCUT2D eigenvalue weighted by molar-refractivity contribution is 0.297. The van der Waals surface area contributed by atoms with E-state index in [9.17, 15) is 13.0 Å². The molecule has 5 nitrogen and oxygen atoms in total. The normalized spacial score (nSPS) is 11.2. The molecule has 0 heterocycles. The highest BCUT2D eigenvalue weighted by atomic mass is 32.2. The topological polar surface area (TPSA) is 72.8 Å². The van der Waals surface area contributed by atoms with Gasteiger partial charge in [-0.15, -0.1) is 0 Å². The molecule has 2 rings (SSSR count). The highest BCUT2D eigenvalue weighted by molar-refractivity contribution is 7.85. The lowest BCUT2D eigenvalue weighted by Gasteiger charge is -2.12. The van der Waals surface area contributed by atoms with Crippen molar-refractivity contribution in [2.24, 2.45) is 0 Å². The Morgan fingerprint density at radius 1 is 1.09 bits per heavy atom. The molecule has 0 aromatic heterocycles. The summed E-state index contributed by atoms with van der Waals surface area (Å²) in [5, 5.41) is 0. The van der Waals surface area contributed by atoms with Gasteiger partial charge in [-0.25, -0.2) is 0 Å². The first kappa shape index (κ1) is 16.3. The van der Waals surface area contributed by atoms with E-state index in [2.05, 4.69) is 0 Å². The van der Waals surface area contributed by atoms with Crippen molar-refractivity contribution in [3.05, 3.63) is 53.6 Å². The van der Waals surface area contributed by atoms with Gasteiger partial charge in [-0.3, -0.25) is 4.55 Å². The van der Waals surface area contributed by atoms with Crippen LogP contribution in [0.4, 0.5) is 0 Å². The fraction of sp³-hybridized carbons (Fsp3) is 0.250. The van der Waals surface area contributed by atoms with Crippen molar-refractivity contribution in [3.63, 3.8) is 0 Å². The Balaban J connectivity index is 2.14. The summed E-state index contributed by atoms with van der Waals surface area (Å²) in [6.45, 7) is 2.13. The van der Waals surface area contributed by atoms with Crippen molar-refractivity contribution in [1.82, 2.24) is 0 Å². The van der Waals surface area contributed by atoms with Crippen molar-refractivity contribution in [3.8, 4) is 11.5 Å². The van der Waals surface area contributed by atoms with Crippen molar-refractivity contribution >= 4 is 10.1 Å². The van der Waals surface area contributed by atoms with Crippen LogP contribution in [-0.4, -0.2) is 26.7 Å². The third-order valence-corrected chi connectivity index (χ3v) is 4.15. The van der Waals surface area contributed by atoms with Crippen LogP contribution in [0.5, 0.6) is 11.5 Å². The van der Waals surface area contributed by atoms with Crippen LogP contribution in [0.3, 0.4) is 0 Å². The van der Waals surface area contributed by atoms with Gasteiger partial charge in [0.25, 0.3) is 10.1 Å². The molecule has 0 saturated heterocycles. The lowest BCUT2D eigenvalue weighted by Crippen LogP contribution is -2.08. The number of hydrogen-bond acceptors (Lipinski definition) is 4. The maximum atomic E-state index is 11.4. The molecular formula is C16H18O5S. The van der Waals surface area contributed by atoms with Crippen LogP contribution < -0.4 is 9.47 Å². The molecule has 0 aliphatic rings. The van der Waals surface area contributed by atoms with E-state index in [0.29, 0.717) is 23.5 Å². The molecule has 0 aliphatic heterocycles. The van der Waals surface area contributed by atoms with Crippen LogP contribution >= 0.6 is 0 Å². The second-order valence-electron chi connectivity index (χ2n) is 4.84. The van der Waals surface area contributed by atoms with Crippen LogP contribution in [0.15, 0.2) is 47.4 Å². The Labute approximate surface area is 130 Å². The Morgan fingerprint density at radius 2 is 1.77 bits per heavy atom. The average molecular weight is 322 g/mol. The number of methoxy groups -OCH3 is 1. The van der Waals surface area contributed by atoms with Crippen molar-refractivity contribution in [2.75, 3.05) is 13.7 Å². The smallest absolute Gasteiger partial charge is 0.294 e. The Bertz CT molecular complexity index is 753. The van der Waals surface area contributed by atoms with Gasteiger partial charge >= 0.3 is 0 Å². The highest BCUT2D eigenvalue weighted by Crippen LogP contribution is 2.26. The number of para-hydroxylation sites is 2. The third kappa shape index (κ3) is 3.99. The van der Waals surface area contributed by atoms with Crippen molar-refractivity contribution in [1.29, 1.82) is 0 Å². The number of hydrogen-bond donors (Lipinski definition) is 1. The summed E-state index contributed by atoms with van der Waals surface area (Å²) in [5.41, 5.74) is 1.44. The molecule has 6 heteroatoms. The van der Waals surface area contributed by atoms with Gasteiger partial charge in [-0.2, -0.15) is 8.42 Å². The van der Waals surface area contributed by atoms with E-state index in [-0.39, 0.29) is 11.5 Å². The van der Waals surface area contributed by atoms with Gasteiger partial charge < -0.3 is 9.47 Å². The van der Waals surface area contributed by atoms with E-state index in [1.807, 2.05) is 19.1 Å². The van der Waals surface area contributed by atoms with E-state index in [0.717, 1.165) is 5.56 Å². The number of rotatable bonds is 6. The summed E-state index contributed by atoms with van der Waals surface area (Å²) >= 11 is 0.